The molecule has 5 atom stereocenters. The van der Waals surface area contributed by atoms with Gasteiger partial charge in [-0.25, -0.2) is 0 Å². The Hall–Kier alpha value is -0.610. The minimum atomic E-state index is -1.20. The quantitative estimate of drug-likeness (QED) is 0.837. The predicted octanol–water partition coefficient (Wildman–Crippen LogP) is 2.27. The van der Waals surface area contributed by atoms with Crippen LogP contribution in [0.3, 0.4) is 0 Å². The van der Waals surface area contributed by atoms with Crippen molar-refractivity contribution >= 4 is 5.91 Å². The van der Waals surface area contributed by atoms with Crippen LogP contribution >= 0.6 is 0 Å². The molecule has 0 aromatic rings. The van der Waals surface area contributed by atoms with Gasteiger partial charge in [0.15, 0.2) is 0 Å². The van der Waals surface area contributed by atoms with Gasteiger partial charge < -0.3 is 15.3 Å². The lowest BCUT2D eigenvalue weighted by atomic mass is 9.68. The van der Waals surface area contributed by atoms with Gasteiger partial charge in [-0.15, -0.1) is 0 Å². The fourth-order valence-corrected chi connectivity index (χ4v) is 4.14. The first-order valence-electron chi connectivity index (χ1n) is 9.03. The zero-order valence-electron chi connectivity index (χ0n) is 14.8. The van der Waals surface area contributed by atoms with Crippen molar-refractivity contribution < 1.29 is 9.90 Å². The van der Waals surface area contributed by atoms with Gasteiger partial charge >= 0.3 is 0 Å². The largest absolute Gasteiger partial charge is 0.380 e. The maximum atomic E-state index is 12.5. The van der Waals surface area contributed by atoms with Gasteiger partial charge in [-0.1, -0.05) is 20.8 Å². The van der Waals surface area contributed by atoms with Gasteiger partial charge in [0.05, 0.1) is 0 Å². The van der Waals surface area contributed by atoms with Crippen molar-refractivity contribution in [1.82, 2.24) is 10.2 Å². The van der Waals surface area contributed by atoms with Crippen molar-refractivity contribution in [3.05, 3.63) is 0 Å². The Morgan fingerprint density at radius 1 is 1.14 bits per heavy atom. The molecule has 1 saturated heterocycles. The molecule has 22 heavy (non-hydrogen) atoms. The number of rotatable bonds is 4. The Labute approximate surface area is 135 Å². The Bertz CT molecular complexity index is 377. The lowest BCUT2D eigenvalue weighted by Gasteiger charge is -2.39. The highest BCUT2D eigenvalue weighted by atomic mass is 16.3. The standard InChI is InChI=1S/C18H34N2O2/c1-13-11-15(3)16(12-14(13)2)5-6-18(4,22)17(21)20-9-7-19-8-10-20/h13-16,19,22H,5-12H2,1-4H3. The lowest BCUT2D eigenvalue weighted by molar-refractivity contribution is -0.151. The summed E-state index contributed by atoms with van der Waals surface area (Å²) in [4.78, 5) is 14.3. The van der Waals surface area contributed by atoms with Crippen molar-refractivity contribution in [1.29, 1.82) is 0 Å². The summed E-state index contributed by atoms with van der Waals surface area (Å²) in [7, 11) is 0. The van der Waals surface area contributed by atoms with E-state index in [0.29, 0.717) is 31.3 Å². The highest BCUT2D eigenvalue weighted by molar-refractivity contribution is 5.84. The molecule has 2 fully saturated rings. The van der Waals surface area contributed by atoms with E-state index in [1.807, 2.05) is 4.90 Å². The number of hydrogen-bond acceptors (Lipinski definition) is 3. The van der Waals surface area contributed by atoms with E-state index in [1.54, 1.807) is 6.92 Å². The number of carbonyl (C=O) groups excluding carboxylic acids is 1. The Morgan fingerprint density at radius 2 is 1.73 bits per heavy atom. The zero-order valence-corrected chi connectivity index (χ0v) is 14.8. The summed E-state index contributed by atoms with van der Waals surface area (Å²) in [6.45, 7) is 11.8. The molecule has 1 heterocycles. The molecule has 1 aliphatic carbocycles. The maximum Gasteiger partial charge on any atom is 0.254 e. The summed E-state index contributed by atoms with van der Waals surface area (Å²) in [6, 6.07) is 0. The molecular weight excluding hydrogens is 276 g/mol. The van der Waals surface area contributed by atoms with Crippen LogP contribution in [0.25, 0.3) is 0 Å². The highest BCUT2D eigenvalue weighted by Crippen LogP contribution is 2.40. The summed E-state index contributed by atoms with van der Waals surface area (Å²) in [5.74, 6) is 2.83. The van der Waals surface area contributed by atoms with Gasteiger partial charge in [0.1, 0.15) is 5.60 Å². The number of nitrogens with one attached hydrogen (secondary N) is 1. The van der Waals surface area contributed by atoms with Crippen LogP contribution in [0.5, 0.6) is 0 Å². The molecule has 2 N–H and O–H groups in total. The van der Waals surface area contributed by atoms with Crippen LogP contribution in [-0.2, 0) is 4.79 Å². The number of amides is 1. The third-order valence-electron chi connectivity index (χ3n) is 6.06. The average molecular weight is 310 g/mol. The molecule has 0 aromatic heterocycles. The van der Waals surface area contributed by atoms with Crippen LogP contribution in [0, 0.1) is 23.7 Å². The molecule has 128 valence electrons. The molecule has 5 unspecified atom stereocenters. The summed E-state index contributed by atoms with van der Waals surface area (Å²) < 4.78 is 0. The third kappa shape index (κ3) is 4.23. The molecule has 0 bridgehead atoms. The first-order valence-corrected chi connectivity index (χ1v) is 9.03. The Kier molecular flexibility index (Phi) is 5.89. The monoisotopic (exact) mass is 310 g/mol. The molecule has 4 nitrogen and oxygen atoms in total. The van der Waals surface area contributed by atoms with Crippen LogP contribution in [0.2, 0.25) is 0 Å². The van der Waals surface area contributed by atoms with E-state index in [4.69, 9.17) is 0 Å². The van der Waals surface area contributed by atoms with Gasteiger partial charge in [0, 0.05) is 26.2 Å². The number of nitrogens with zero attached hydrogens (tertiary/aromatic N) is 1. The molecule has 2 rings (SSSR count). The van der Waals surface area contributed by atoms with Gasteiger partial charge in [-0.2, -0.15) is 0 Å². The number of hydrogen-bond donors (Lipinski definition) is 2. The second-order valence-corrected chi connectivity index (χ2v) is 8.02. The van der Waals surface area contributed by atoms with Gasteiger partial charge in [-0.3, -0.25) is 4.79 Å². The molecule has 0 spiro atoms. The van der Waals surface area contributed by atoms with Gasteiger partial charge in [-0.05, 0) is 56.3 Å². The minimum absolute atomic E-state index is 0.0844. The topological polar surface area (TPSA) is 52.6 Å². The van der Waals surface area contributed by atoms with E-state index in [0.717, 1.165) is 31.3 Å². The summed E-state index contributed by atoms with van der Waals surface area (Å²) in [6.07, 6.45) is 4.06. The second-order valence-electron chi connectivity index (χ2n) is 8.02. The molecule has 1 saturated carbocycles. The molecule has 1 aliphatic heterocycles. The maximum absolute atomic E-state index is 12.5. The Balaban J connectivity index is 1.87. The van der Waals surface area contributed by atoms with Crippen molar-refractivity contribution in [2.75, 3.05) is 26.2 Å². The highest BCUT2D eigenvalue weighted by Gasteiger charge is 2.37. The van der Waals surface area contributed by atoms with E-state index in [-0.39, 0.29) is 5.91 Å². The van der Waals surface area contributed by atoms with Crippen LogP contribution in [0.15, 0.2) is 0 Å². The smallest absolute Gasteiger partial charge is 0.254 e. The fourth-order valence-electron chi connectivity index (χ4n) is 4.14. The van der Waals surface area contributed by atoms with Crippen LogP contribution < -0.4 is 5.32 Å². The number of carbonyl (C=O) groups is 1. The normalized spacial score (nSPS) is 36.0. The van der Waals surface area contributed by atoms with Crippen molar-refractivity contribution in [3.8, 4) is 0 Å². The van der Waals surface area contributed by atoms with E-state index >= 15 is 0 Å². The third-order valence-corrected chi connectivity index (χ3v) is 6.06. The number of aliphatic hydroxyl groups is 1. The SMILES string of the molecule is CC1CC(C)C(CCC(C)(O)C(=O)N2CCNCC2)CC1C. The van der Waals surface area contributed by atoms with Crippen LogP contribution in [0.1, 0.15) is 53.4 Å². The fraction of sp³-hybridized carbons (Fsp3) is 0.944. The van der Waals surface area contributed by atoms with Crippen LogP contribution in [-0.4, -0.2) is 47.7 Å². The molecule has 4 heteroatoms. The average Bonchev–Trinajstić information content (AvgIpc) is 2.49. The summed E-state index contributed by atoms with van der Waals surface area (Å²) in [5.41, 5.74) is -1.20. The minimum Gasteiger partial charge on any atom is -0.380 e. The second kappa shape index (κ2) is 7.31. The van der Waals surface area contributed by atoms with Crippen molar-refractivity contribution in [2.24, 2.45) is 23.7 Å². The van der Waals surface area contributed by atoms with Crippen LogP contribution in [0.4, 0.5) is 0 Å². The Morgan fingerprint density at radius 3 is 2.36 bits per heavy atom. The predicted molar refractivity (Wildman–Crippen MR) is 89.5 cm³/mol. The molecule has 2 aliphatic rings. The summed E-state index contributed by atoms with van der Waals surface area (Å²) in [5, 5.41) is 13.9. The first-order chi connectivity index (χ1) is 10.3. The first kappa shape index (κ1) is 17.7. The van der Waals surface area contributed by atoms with E-state index in [9.17, 15) is 9.90 Å². The van der Waals surface area contributed by atoms with Crippen molar-refractivity contribution in [3.63, 3.8) is 0 Å². The zero-order chi connectivity index (χ0) is 16.3. The van der Waals surface area contributed by atoms with Gasteiger partial charge in [0.2, 0.25) is 0 Å². The van der Waals surface area contributed by atoms with E-state index < -0.39 is 5.60 Å². The van der Waals surface area contributed by atoms with E-state index in [2.05, 4.69) is 26.1 Å². The lowest BCUT2D eigenvalue weighted by Crippen LogP contribution is -2.54. The molecule has 0 radical (unpaired) electrons. The van der Waals surface area contributed by atoms with E-state index in [1.165, 1.54) is 12.8 Å². The van der Waals surface area contributed by atoms with Gasteiger partial charge in [0.25, 0.3) is 5.91 Å². The molecular formula is C18H34N2O2. The number of piperazine rings is 1. The van der Waals surface area contributed by atoms with Crippen molar-refractivity contribution in [2.45, 2.75) is 59.0 Å². The molecule has 0 aromatic carbocycles. The summed E-state index contributed by atoms with van der Waals surface area (Å²) >= 11 is 0. The molecule has 1 amide bonds.